The number of rotatable bonds is 3. The first-order chi connectivity index (χ1) is 10.4. The van der Waals surface area contributed by atoms with Gasteiger partial charge in [-0.15, -0.1) is 0 Å². The van der Waals surface area contributed by atoms with E-state index in [9.17, 15) is 0 Å². The first-order valence-corrected chi connectivity index (χ1v) is 8.04. The lowest BCUT2D eigenvalue weighted by Gasteiger charge is -2.24. The molecule has 106 valence electrons. The average Bonchev–Trinajstić information content (AvgIpc) is 2.90. The van der Waals surface area contributed by atoms with E-state index in [2.05, 4.69) is 66.2 Å². The van der Waals surface area contributed by atoms with Crippen LogP contribution in [0.1, 0.15) is 47.9 Å². The smallest absolute Gasteiger partial charge is 0.0522 e. The summed E-state index contributed by atoms with van der Waals surface area (Å²) in [6.45, 7) is 2.27. The quantitative estimate of drug-likeness (QED) is 0.635. The van der Waals surface area contributed by atoms with Gasteiger partial charge < -0.3 is 4.40 Å². The van der Waals surface area contributed by atoms with Crippen LogP contribution < -0.4 is 0 Å². The Labute approximate surface area is 126 Å². The van der Waals surface area contributed by atoms with Crippen molar-refractivity contribution in [2.45, 2.75) is 38.5 Å². The Kier molecular flexibility index (Phi) is 3.07. The van der Waals surface area contributed by atoms with Gasteiger partial charge in [0, 0.05) is 18.3 Å². The van der Waals surface area contributed by atoms with E-state index >= 15 is 0 Å². The molecule has 0 aliphatic heterocycles. The van der Waals surface area contributed by atoms with Crippen LogP contribution in [0.3, 0.4) is 0 Å². The van der Waals surface area contributed by atoms with Crippen molar-refractivity contribution >= 4 is 5.52 Å². The van der Waals surface area contributed by atoms with Crippen LogP contribution in [0.15, 0.2) is 54.9 Å². The molecule has 1 aliphatic carbocycles. The maximum Gasteiger partial charge on any atom is 0.0522 e. The predicted octanol–water partition coefficient (Wildman–Crippen LogP) is 4.97. The number of aromatic nitrogens is 1. The summed E-state index contributed by atoms with van der Waals surface area (Å²) < 4.78 is 2.35. The fourth-order valence-electron chi connectivity index (χ4n) is 3.90. The molecule has 1 nitrogen and oxygen atoms in total. The first-order valence-electron chi connectivity index (χ1n) is 8.04. The Bertz CT molecular complexity index is 767. The molecule has 0 spiro atoms. The van der Waals surface area contributed by atoms with Gasteiger partial charge in [0.15, 0.2) is 0 Å². The molecule has 1 aromatic carbocycles. The summed E-state index contributed by atoms with van der Waals surface area (Å²) in [5.74, 6) is 0.563. The highest BCUT2D eigenvalue weighted by Gasteiger charge is 2.26. The van der Waals surface area contributed by atoms with E-state index in [1.165, 1.54) is 42.3 Å². The molecule has 1 unspecified atom stereocenters. The van der Waals surface area contributed by atoms with Gasteiger partial charge in [-0.3, -0.25) is 0 Å². The fourth-order valence-corrected chi connectivity index (χ4v) is 3.90. The molecule has 0 N–H and O–H groups in total. The summed E-state index contributed by atoms with van der Waals surface area (Å²) in [7, 11) is 0. The number of aryl methyl sites for hydroxylation is 2. The number of nitrogens with zero attached hydrogens (tertiary/aromatic N) is 1. The monoisotopic (exact) mass is 275 g/mol. The molecule has 0 saturated carbocycles. The molecule has 0 bridgehead atoms. The van der Waals surface area contributed by atoms with Gasteiger partial charge in [-0.1, -0.05) is 49.7 Å². The highest BCUT2D eigenvalue weighted by atomic mass is 14.9. The van der Waals surface area contributed by atoms with Gasteiger partial charge in [-0.2, -0.15) is 0 Å². The third-order valence-electron chi connectivity index (χ3n) is 4.77. The van der Waals surface area contributed by atoms with E-state index in [1.807, 2.05) is 0 Å². The Morgan fingerprint density at radius 2 is 1.95 bits per heavy atom. The van der Waals surface area contributed by atoms with Crippen LogP contribution in [0.4, 0.5) is 0 Å². The van der Waals surface area contributed by atoms with E-state index < -0.39 is 0 Å². The van der Waals surface area contributed by atoms with Crippen molar-refractivity contribution in [3.63, 3.8) is 0 Å². The number of pyridine rings is 1. The van der Waals surface area contributed by atoms with Crippen LogP contribution in [0.5, 0.6) is 0 Å². The second-order valence-corrected chi connectivity index (χ2v) is 6.11. The zero-order chi connectivity index (χ0) is 14.2. The Hall–Kier alpha value is -2.02. The van der Waals surface area contributed by atoms with Crippen LogP contribution in [-0.4, -0.2) is 4.40 Å². The Balaban J connectivity index is 1.96. The summed E-state index contributed by atoms with van der Waals surface area (Å²) in [4.78, 5) is 0. The number of benzene rings is 1. The average molecular weight is 275 g/mol. The summed E-state index contributed by atoms with van der Waals surface area (Å²) in [5, 5.41) is 0. The van der Waals surface area contributed by atoms with Crippen molar-refractivity contribution in [3.05, 3.63) is 77.1 Å². The zero-order valence-electron chi connectivity index (χ0n) is 12.5. The summed E-state index contributed by atoms with van der Waals surface area (Å²) in [6, 6.07) is 15.5. The first kappa shape index (κ1) is 12.7. The van der Waals surface area contributed by atoms with E-state index in [0.717, 1.165) is 0 Å². The highest BCUT2D eigenvalue weighted by molar-refractivity contribution is 5.69. The molecule has 4 rings (SSSR count). The molecule has 21 heavy (non-hydrogen) atoms. The standard InChI is InChI=1S/C20H21N/c1-2-7-17-14-21-13-6-10-16-11-12-18(19(17)20(16)21)15-8-4-3-5-9-15/h3-6,8-10,13-14,18H,2,7,11-12H2,1H3. The molecule has 1 heteroatoms. The largest absolute Gasteiger partial charge is 0.323 e. The minimum absolute atomic E-state index is 0.563. The molecule has 2 heterocycles. The Morgan fingerprint density at radius 1 is 1.10 bits per heavy atom. The molecule has 0 radical (unpaired) electrons. The van der Waals surface area contributed by atoms with Gasteiger partial charge in [0.05, 0.1) is 5.52 Å². The molecular formula is C20H21N. The molecule has 3 aromatic rings. The van der Waals surface area contributed by atoms with Crippen molar-refractivity contribution in [1.29, 1.82) is 0 Å². The van der Waals surface area contributed by atoms with E-state index in [0.29, 0.717) is 5.92 Å². The van der Waals surface area contributed by atoms with Crippen molar-refractivity contribution in [1.82, 2.24) is 4.40 Å². The summed E-state index contributed by atoms with van der Waals surface area (Å²) >= 11 is 0. The van der Waals surface area contributed by atoms with Gasteiger partial charge in [-0.05, 0) is 47.6 Å². The van der Waals surface area contributed by atoms with Crippen molar-refractivity contribution in [2.75, 3.05) is 0 Å². The van der Waals surface area contributed by atoms with E-state index in [-0.39, 0.29) is 0 Å². The van der Waals surface area contributed by atoms with Crippen LogP contribution in [-0.2, 0) is 12.8 Å². The Morgan fingerprint density at radius 3 is 2.76 bits per heavy atom. The normalized spacial score (nSPS) is 17.3. The maximum absolute atomic E-state index is 2.36. The lowest BCUT2D eigenvalue weighted by molar-refractivity contribution is 0.694. The minimum atomic E-state index is 0.563. The van der Waals surface area contributed by atoms with Gasteiger partial charge in [0.2, 0.25) is 0 Å². The number of hydrogen-bond acceptors (Lipinski definition) is 0. The number of hydrogen-bond donors (Lipinski definition) is 0. The lowest BCUT2D eigenvalue weighted by atomic mass is 9.80. The van der Waals surface area contributed by atoms with Gasteiger partial charge in [-0.25, -0.2) is 0 Å². The van der Waals surface area contributed by atoms with E-state index in [4.69, 9.17) is 0 Å². The van der Waals surface area contributed by atoms with Crippen molar-refractivity contribution < 1.29 is 0 Å². The topological polar surface area (TPSA) is 4.41 Å². The van der Waals surface area contributed by atoms with Crippen LogP contribution in [0, 0.1) is 0 Å². The van der Waals surface area contributed by atoms with Crippen LogP contribution in [0.25, 0.3) is 5.52 Å². The fraction of sp³-hybridized carbons (Fsp3) is 0.300. The highest BCUT2D eigenvalue weighted by Crippen LogP contribution is 2.41. The third kappa shape index (κ3) is 1.99. The van der Waals surface area contributed by atoms with Gasteiger partial charge >= 0.3 is 0 Å². The second kappa shape index (κ2) is 5.07. The molecule has 2 aromatic heterocycles. The third-order valence-corrected chi connectivity index (χ3v) is 4.77. The second-order valence-electron chi connectivity index (χ2n) is 6.11. The minimum Gasteiger partial charge on any atom is -0.323 e. The van der Waals surface area contributed by atoms with Crippen molar-refractivity contribution in [2.24, 2.45) is 0 Å². The van der Waals surface area contributed by atoms with Crippen LogP contribution in [0.2, 0.25) is 0 Å². The lowest BCUT2D eigenvalue weighted by Crippen LogP contribution is -2.11. The summed E-state index contributed by atoms with van der Waals surface area (Å²) in [6.07, 6.45) is 9.37. The predicted molar refractivity (Wildman–Crippen MR) is 88.0 cm³/mol. The molecule has 1 aliphatic rings. The maximum atomic E-state index is 2.36. The molecule has 0 saturated heterocycles. The molecular weight excluding hydrogens is 254 g/mol. The SMILES string of the molecule is CCCc1cn2cccc3c2c1C(c1ccccc1)CC3. The van der Waals surface area contributed by atoms with Crippen molar-refractivity contribution in [3.8, 4) is 0 Å². The van der Waals surface area contributed by atoms with Crippen LogP contribution >= 0.6 is 0 Å². The molecule has 0 fully saturated rings. The molecule has 0 amide bonds. The van der Waals surface area contributed by atoms with Gasteiger partial charge in [0.1, 0.15) is 0 Å². The summed E-state index contributed by atoms with van der Waals surface area (Å²) in [5.41, 5.74) is 7.59. The molecule has 1 atom stereocenters. The van der Waals surface area contributed by atoms with E-state index in [1.54, 1.807) is 11.1 Å². The zero-order valence-corrected chi connectivity index (χ0v) is 12.5. The van der Waals surface area contributed by atoms with Gasteiger partial charge in [0.25, 0.3) is 0 Å².